The standard InChI is InChI=1S/C21H30N2O5S/c1-15-12-17(21(3,4)5)13-16(2)19(15)29(25,26)23-8-6-22(7-9-23)20(24)18-14-27-10-11-28-18/h12-14H,6-11H2,1-5H3. The first-order chi connectivity index (χ1) is 13.5. The van der Waals surface area contributed by atoms with Gasteiger partial charge in [0.15, 0.2) is 0 Å². The summed E-state index contributed by atoms with van der Waals surface area (Å²) in [6, 6.07) is 3.93. The van der Waals surface area contributed by atoms with Crippen LogP contribution in [-0.4, -0.2) is 62.9 Å². The molecule has 3 rings (SSSR count). The number of aryl methyl sites for hydroxylation is 2. The van der Waals surface area contributed by atoms with Crippen molar-refractivity contribution in [2.75, 3.05) is 39.4 Å². The molecule has 1 aromatic carbocycles. The molecular weight excluding hydrogens is 392 g/mol. The zero-order valence-electron chi connectivity index (χ0n) is 17.8. The van der Waals surface area contributed by atoms with Gasteiger partial charge in [-0.05, 0) is 36.0 Å². The van der Waals surface area contributed by atoms with Gasteiger partial charge in [-0.15, -0.1) is 0 Å². The summed E-state index contributed by atoms with van der Waals surface area (Å²) < 4.78 is 38.6. The highest BCUT2D eigenvalue weighted by Crippen LogP contribution is 2.31. The number of piperazine rings is 1. The Kier molecular flexibility index (Phi) is 5.96. The molecule has 0 aliphatic carbocycles. The van der Waals surface area contributed by atoms with E-state index in [9.17, 15) is 13.2 Å². The quantitative estimate of drug-likeness (QED) is 0.747. The predicted octanol–water partition coefficient (Wildman–Crippen LogP) is 2.32. The molecular formula is C21H30N2O5S. The second-order valence-corrected chi connectivity index (χ2v) is 10.5. The van der Waals surface area contributed by atoms with Crippen molar-refractivity contribution in [3.05, 3.63) is 40.8 Å². The summed E-state index contributed by atoms with van der Waals surface area (Å²) in [5.41, 5.74) is 2.58. The molecule has 0 bridgehead atoms. The first-order valence-corrected chi connectivity index (χ1v) is 11.3. The van der Waals surface area contributed by atoms with E-state index in [0.29, 0.717) is 31.2 Å². The largest absolute Gasteiger partial charge is 0.494 e. The molecule has 2 aliphatic heterocycles. The maximum Gasteiger partial charge on any atom is 0.292 e. The van der Waals surface area contributed by atoms with Crippen LogP contribution in [0.2, 0.25) is 0 Å². The Hall–Kier alpha value is -2.06. The van der Waals surface area contributed by atoms with Gasteiger partial charge in [0, 0.05) is 26.2 Å². The lowest BCUT2D eigenvalue weighted by molar-refractivity contribution is -0.133. The normalized spacial score (nSPS) is 18.7. The van der Waals surface area contributed by atoms with Gasteiger partial charge in [-0.1, -0.05) is 32.9 Å². The first kappa shape index (κ1) is 21.6. The van der Waals surface area contributed by atoms with Gasteiger partial charge in [-0.2, -0.15) is 4.31 Å². The average Bonchev–Trinajstić information content (AvgIpc) is 2.66. The van der Waals surface area contributed by atoms with Crippen molar-refractivity contribution in [2.24, 2.45) is 0 Å². The van der Waals surface area contributed by atoms with Crippen LogP contribution in [0.1, 0.15) is 37.5 Å². The van der Waals surface area contributed by atoms with Crippen LogP contribution in [0.4, 0.5) is 0 Å². The third-order valence-electron chi connectivity index (χ3n) is 5.31. The van der Waals surface area contributed by atoms with E-state index in [1.807, 2.05) is 26.0 Å². The van der Waals surface area contributed by atoms with Crippen molar-refractivity contribution in [1.29, 1.82) is 0 Å². The number of nitrogens with zero attached hydrogens (tertiary/aromatic N) is 2. The summed E-state index contributed by atoms with van der Waals surface area (Å²) in [4.78, 5) is 14.5. The molecule has 2 aliphatic rings. The Bertz CT molecular complexity index is 900. The third kappa shape index (κ3) is 4.43. The van der Waals surface area contributed by atoms with Crippen molar-refractivity contribution < 1.29 is 22.7 Å². The van der Waals surface area contributed by atoms with Crippen molar-refractivity contribution in [3.8, 4) is 0 Å². The SMILES string of the molecule is Cc1cc(C(C)(C)C)cc(C)c1S(=O)(=O)N1CCN(C(=O)C2=COCCO2)CC1. The molecule has 7 nitrogen and oxygen atoms in total. The van der Waals surface area contributed by atoms with Crippen LogP contribution in [0, 0.1) is 13.8 Å². The van der Waals surface area contributed by atoms with Crippen LogP contribution in [0.25, 0.3) is 0 Å². The third-order valence-corrected chi connectivity index (χ3v) is 7.51. The van der Waals surface area contributed by atoms with E-state index in [1.165, 1.54) is 10.6 Å². The fourth-order valence-corrected chi connectivity index (χ4v) is 5.52. The van der Waals surface area contributed by atoms with E-state index in [-0.39, 0.29) is 30.2 Å². The second-order valence-electron chi connectivity index (χ2n) is 8.59. The van der Waals surface area contributed by atoms with Crippen LogP contribution in [0.5, 0.6) is 0 Å². The van der Waals surface area contributed by atoms with Crippen LogP contribution in [-0.2, 0) is 29.7 Å². The van der Waals surface area contributed by atoms with Crippen molar-refractivity contribution in [3.63, 3.8) is 0 Å². The topological polar surface area (TPSA) is 76.2 Å². The molecule has 0 aromatic heterocycles. The van der Waals surface area contributed by atoms with Gasteiger partial charge in [-0.3, -0.25) is 4.79 Å². The molecule has 1 aromatic rings. The van der Waals surface area contributed by atoms with Crippen LogP contribution >= 0.6 is 0 Å². The van der Waals surface area contributed by atoms with Crippen molar-refractivity contribution >= 4 is 15.9 Å². The molecule has 2 heterocycles. The lowest BCUT2D eigenvalue weighted by Gasteiger charge is -2.35. The second kappa shape index (κ2) is 7.99. The van der Waals surface area contributed by atoms with Gasteiger partial charge in [-0.25, -0.2) is 8.42 Å². The fraction of sp³-hybridized carbons (Fsp3) is 0.571. The van der Waals surface area contributed by atoms with Gasteiger partial charge < -0.3 is 14.4 Å². The smallest absolute Gasteiger partial charge is 0.292 e. The molecule has 0 radical (unpaired) electrons. The maximum absolute atomic E-state index is 13.3. The van der Waals surface area contributed by atoms with Gasteiger partial charge in [0.1, 0.15) is 19.5 Å². The minimum absolute atomic E-state index is 0.0522. The van der Waals surface area contributed by atoms with E-state index < -0.39 is 10.0 Å². The summed E-state index contributed by atoms with van der Waals surface area (Å²) in [5, 5.41) is 0. The molecule has 0 N–H and O–H groups in total. The molecule has 1 amide bonds. The molecule has 0 atom stereocenters. The highest BCUT2D eigenvalue weighted by Gasteiger charge is 2.34. The van der Waals surface area contributed by atoms with Gasteiger partial charge in [0.2, 0.25) is 15.8 Å². The van der Waals surface area contributed by atoms with Crippen molar-refractivity contribution in [2.45, 2.75) is 44.9 Å². The van der Waals surface area contributed by atoms with Gasteiger partial charge >= 0.3 is 0 Å². The van der Waals surface area contributed by atoms with Gasteiger partial charge in [0.25, 0.3) is 5.91 Å². The number of hydrogen-bond donors (Lipinski definition) is 0. The number of ether oxygens (including phenoxy) is 2. The molecule has 0 spiro atoms. The number of hydrogen-bond acceptors (Lipinski definition) is 5. The molecule has 0 saturated carbocycles. The molecule has 1 fully saturated rings. The summed E-state index contributed by atoms with van der Waals surface area (Å²) in [6.45, 7) is 11.9. The van der Waals surface area contributed by atoms with Crippen LogP contribution < -0.4 is 0 Å². The lowest BCUT2D eigenvalue weighted by atomic mass is 9.85. The minimum Gasteiger partial charge on any atom is -0.494 e. The Balaban J connectivity index is 1.77. The number of benzene rings is 1. The monoisotopic (exact) mass is 422 g/mol. The summed E-state index contributed by atoms with van der Waals surface area (Å²) in [7, 11) is -3.63. The highest BCUT2D eigenvalue weighted by atomic mass is 32.2. The Morgan fingerprint density at radius 3 is 2.07 bits per heavy atom. The maximum atomic E-state index is 13.3. The first-order valence-electron chi connectivity index (χ1n) is 9.87. The fourth-order valence-electron chi connectivity index (χ4n) is 3.69. The summed E-state index contributed by atoms with van der Waals surface area (Å²) in [6.07, 6.45) is 1.33. The van der Waals surface area contributed by atoms with Crippen LogP contribution in [0.3, 0.4) is 0 Å². The number of rotatable bonds is 3. The lowest BCUT2D eigenvalue weighted by Crippen LogP contribution is -2.51. The number of carbonyl (C=O) groups is 1. The Morgan fingerprint density at radius 1 is 1.00 bits per heavy atom. The Morgan fingerprint density at radius 2 is 1.59 bits per heavy atom. The molecule has 29 heavy (non-hydrogen) atoms. The number of sulfonamides is 1. The van der Waals surface area contributed by atoms with Gasteiger partial charge in [0.05, 0.1) is 4.90 Å². The van der Waals surface area contributed by atoms with E-state index in [0.717, 1.165) is 16.7 Å². The van der Waals surface area contributed by atoms with E-state index in [1.54, 1.807) is 4.90 Å². The molecule has 1 saturated heterocycles. The Labute approximate surface area is 173 Å². The zero-order chi connectivity index (χ0) is 21.4. The average molecular weight is 423 g/mol. The van der Waals surface area contributed by atoms with Crippen molar-refractivity contribution in [1.82, 2.24) is 9.21 Å². The zero-order valence-corrected chi connectivity index (χ0v) is 18.6. The highest BCUT2D eigenvalue weighted by molar-refractivity contribution is 7.89. The van der Waals surface area contributed by atoms with E-state index in [2.05, 4.69) is 20.8 Å². The summed E-state index contributed by atoms with van der Waals surface area (Å²) >= 11 is 0. The minimum atomic E-state index is -3.63. The molecule has 0 unspecified atom stereocenters. The van der Waals surface area contributed by atoms with Crippen LogP contribution in [0.15, 0.2) is 29.0 Å². The van der Waals surface area contributed by atoms with E-state index >= 15 is 0 Å². The van der Waals surface area contributed by atoms with E-state index in [4.69, 9.17) is 9.47 Å². The number of amides is 1. The number of carbonyl (C=O) groups excluding carboxylic acids is 1. The summed E-state index contributed by atoms with van der Waals surface area (Å²) in [5.74, 6) is -0.0827. The molecule has 160 valence electrons. The predicted molar refractivity (Wildman–Crippen MR) is 110 cm³/mol. The molecule has 8 heteroatoms.